The lowest BCUT2D eigenvalue weighted by atomic mass is 10.1. The van der Waals surface area contributed by atoms with Gasteiger partial charge in [-0.3, -0.25) is 4.79 Å². The van der Waals surface area contributed by atoms with E-state index in [-0.39, 0.29) is 18.3 Å². The van der Waals surface area contributed by atoms with Gasteiger partial charge in [-0.15, -0.1) is 0 Å². The molecule has 0 aliphatic heterocycles. The lowest BCUT2D eigenvalue weighted by molar-refractivity contribution is 0.0996. The first-order valence-corrected chi connectivity index (χ1v) is 6.12. The number of carbonyl (C=O) groups excluding carboxylic acids is 1. The number of hydrogen-bond acceptors (Lipinski definition) is 4. The molecule has 1 aromatic carbocycles. The Balaban J connectivity index is 2.20. The minimum Gasteiger partial charge on any atom is -0.438 e. The number of nitrogens with zero attached hydrogens (tertiary/aromatic N) is 1. The van der Waals surface area contributed by atoms with E-state index < -0.39 is 0 Å². The summed E-state index contributed by atoms with van der Waals surface area (Å²) in [6.07, 6.45) is 1.63. The monoisotopic (exact) mass is 270 g/mol. The molecule has 0 spiro atoms. The predicted molar refractivity (Wildman–Crippen MR) is 74.2 cm³/mol. The molecular weight excluding hydrogens is 256 g/mol. The molecule has 0 aliphatic rings. The van der Waals surface area contributed by atoms with Gasteiger partial charge >= 0.3 is 0 Å². The number of nitrogens with one attached hydrogen (secondary N) is 1. The second-order valence-electron chi connectivity index (χ2n) is 4.04. The number of carbonyl (C=O) groups is 1. The number of amides is 1. The number of aliphatic hydroxyl groups is 1. The van der Waals surface area contributed by atoms with Crippen LogP contribution in [0.3, 0.4) is 0 Å². The summed E-state index contributed by atoms with van der Waals surface area (Å²) in [5, 5.41) is 11.5. The molecule has 1 amide bonds. The number of aliphatic hydroxyl groups excluding tert-OH is 1. The smallest absolute Gasteiger partial charge is 0.293 e. The summed E-state index contributed by atoms with van der Waals surface area (Å²) < 4.78 is 5.04. The summed E-state index contributed by atoms with van der Waals surface area (Å²) in [4.78, 5) is 15.9. The van der Waals surface area contributed by atoms with Crippen LogP contribution >= 0.6 is 0 Å². The van der Waals surface area contributed by atoms with Gasteiger partial charge in [0.15, 0.2) is 6.39 Å². The summed E-state index contributed by atoms with van der Waals surface area (Å²) >= 11 is 0. The molecule has 0 saturated heterocycles. The number of oxazole rings is 1. The van der Waals surface area contributed by atoms with E-state index in [0.29, 0.717) is 23.4 Å². The second-order valence-corrected chi connectivity index (χ2v) is 4.04. The highest BCUT2D eigenvalue weighted by molar-refractivity contribution is 6.03. The molecule has 102 valence electrons. The van der Waals surface area contributed by atoms with Crippen molar-refractivity contribution in [3.8, 4) is 11.8 Å². The minimum absolute atomic E-state index is 0.0127. The number of para-hydroxylation sites is 1. The van der Waals surface area contributed by atoms with Crippen molar-refractivity contribution in [1.82, 2.24) is 4.98 Å². The third-order valence-electron chi connectivity index (χ3n) is 2.59. The van der Waals surface area contributed by atoms with Crippen LogP contribution < -0.4 is 5.32 Å². The molecule has 5 heteroatoms. The van der Waals surface area contributed by atoms with Crippen LogP contribution in [0.4, 0.5) is 5.69 Å². The number of benzene rings is 1. The normalized spacial score (nSPS) is 9.70. The Bertz CT molecular complexity index is 665. The Morgan fingerprint density at radius 3 is 2.95 bits per heavy atom. The van der Waals surface area contributed by atoms with Crippen LogP contribution in [0.5, 0.6) is 0 Å². The lowest BCUT2D eigenvalue weighted by Gasteiger charge is -2.05. The van der Waals surface area contributed by atoms with E-state index in [0.717, 1.165) is 0 Å². The van der Waals surface area contributed by atoms with Crippen molar-refractivity contribution in [2.24, 2.45) is 0 Å². The quantitative estimate of drug-likeness (QED) is 0.836. The SMILES string of the molecule is Cc1ncoc1C(=O)Nc1ccccc1C#CCCO. The standard InChI is InChI=1S/C15H14N2O3/c1-11-14(20-10-16-11)15(19)17-13-8-3-2-6-12(13)7-4-5-9-18/h2-3,6,8,10,18H,5,9H2,1H3,(H,17,19). The Kier molecular flexibility index (Phi) is 4.53. The lowest BCUT2D eigenvalue weighted by Crippen LogP contribution is -2.13. The van der Waals surface area contributed by atoms with Gasteiger partial charge in [-0.2, -0.15) is 0 Å². The average molecular weight is 270 g/mol. The Morgan fingerprint density at radius 1 is 1.45 bits per heavy atom. The van der Waals surface area contributed by atoms with Crippen molar-refractivity contribution in [2.45, 2.75) is 13.3 Å². The molecule has 0 saturated carbocycles. The summed E-state index contributed by atoms with van der Waals surface area (Å²) in [6.45, 7) is 1.71. The molecule has 0 atom stereocenters. The number of aromatic nitrogens is 1. The predicted octanol–water partition coefficient (Wildman–Crippen LogP) is 1.97. The first kappa shape index (κ1) is 13.8. The Morgan fingerprint density at radius 2 is 2.25 bits per heavy atom. The van der Waals surface area contributed by atoms with Gasteiger partial charge in [0.1, 0.15) is 0 Å². The molecule has 1 aromatic heterocycles. The zero-order valence-electron chi connectivity index (χ0n) is 11.0. The fourth-order valence-electron chi connectivity index (χ4n) is 1.61. The second kappa shape index (κ2) is 6.55. The summed E-state index contributed by atoms with van der Waals surface area (Å²) in [7, 11) is 0. The number of hydrogen-bond donors (Lipinski definition) is 2. The molecule has 0 aliphatic carbocycles. The van der Waals surface area contributed by atoms with Crippen molar-refractivity contribution < 1.29 is 14.3 Å². The molecule has 0 unspecified atom stereocenters. The van der Waals surface area contributed by atoms with Crippen LogP contribution in [-0.2, 0) is 0 Å². The van der Waals surface area contributed by atoms with E-state index in [1.165, 1.54) is 6.39 Å². The van der Waals surface area contributed by atoms with Gasteiger partial charge in [0.05, 0.1) is 18.0 Å². The fraction of sp³-hybridized carbons (Fsp3) is 0.200. The maximum absolute atomic E-state index is 12.0. The van der Waals surface area contributed by atoms with E-state index in [2.05, 4.69) is 22.1 Å². The number of anilines is 1. The fourth-order valence-corrected chi connectivity index (χ4v) is 1.61. The van der Waals surface area contributed by atoms with E-state index in [1.54, 1.807) is 25.1 Å². The van der Waals surface area contributed by atoms with Gasteiger partial charge in [-0.1, -0.05) is 24.0 Å². The topological polar surface area (TPSA) is 75.4 Å². The first-order valence-electron chi connectivity index (χ1n) is 6.12. The Hall–Kier alpha value is -2.58. The van der Waals surface area contributed by atoms with Crippen molar-refractivity contribution >= 4 is 11.6 Å². The van der Waals surface area contributed by atoms with Crippen LogP contribution in [0.25, 0.3) is 0 Å². The third kappa shape index (κ3) is 3.25. The molecule has 0 radical (unpaired) electrons. The van der Waals surface area contributed by atoms with Gasteiger partial charge in [-0.25, -0.2) is 4.98 Å². The molecule has 2 N–H and O–H groups in total. The molecule has 2 rings (SSSR count). The van der Waals surface area contributed by atoms with Crippen LogP contribution in [-0.4, -0.2) is 22.6 Å². The summed E-state index contributed by atoms with van der Waals surface area (Å²) in [6, 6.07) is 7.19. The first-order chi connectivity index (χ1) is 9.72. The van der Waals surface area contributed by atoms with Crippen molar-refractivity contribution in [1.29, 1.82) is 0 Å². The molecule has 20 heavy (non-hydrogen) atoms. The number of rotatable bonds is 3. The molecule has 0 bridgehead atoms. The highest BCUT2D eigenvalue weighted by atomic mass is 16.3. The van der Waals surface area contributed by atoms with Crippen LogP contribution in [0.15, 0.2) is 35.1 Å². The third-order valence-corrected chi connectivity index (χ3v) is 2.59. The summed E-state index contributed by atoms with van der Waals surface area (Å²) in [5.41, 5.74) is 1.82. The van der Waals surface area contributed by atoms with Crippen molar-refractivity contribution in [3.05, 3.63) is 47.7 Å². The molecule has 2 aromatic rings. The maximum Gasteiger partial charge on any atom is 0.293 e. The zero-order chi connectivity index (χ0) is 14.4. The van der Waals surface area contributed by atoms with Gasteiger partial charge in [0.25, 0.3) is 5.91 Å². The van der Waals surface area contributed by atoms with Gasteiger partial charge in [-0.05, 0) is 19.1 Å². The van der Waals surface area contributed by atoms with Crippen LogP contribution in [0.2, 0.25) is 0 Å². The Labute approximate surface area is 116 Å². The zero-order valence-corrected chi connectivity index (χ0v) is 11.0. The summed E-state index contributed by atoms with van der Waals surface area (Å²) in [5.74, 6) is 5.55. The van der Waals surface area contributed by atoms with Crippen LogP contribution in [0, 0.1) is 18.8 Å². The van der Waals surface area contributed by atoms with Crippen molar-refractivity contribution in [2.75, 3.05) is 11.9 Å². The van der Waals surface area contributed by atoms with E-state index in [4.69, 9.17) is 9.52 Å². The van der Waals surface area contributed by atoms with Crippen molar-refractivity contribution in [3.63, 3.8) is 0 Å². The molecule has 5 nitrogen and oxygen atoms in total. The largest absolute Gasteiger partial charge is 0.438 e. The minimum atomic E-state index is -0.364. The van der Waals surface area contributed by atoms with Crippen LogP contribution in [0.1, 0.15) is 28.2 Å². The maximum atomic E-state index is 12.0. The highest BCUT2D eigenvalue weighted by Gasteiger charge is 2.14. The van der Waals surface area contributed by atoms with Gasteiger partial charge < -0.3 is 14.8 Å². The van der Waals surface area contributed by atoms with Gasteiger partial charge in [0.2, 0.25) is 5.76 Å². The van der Waals surface area contributed by atoms with Gasteiger partial charge in [0, 0.05) is 12.0 Å². The molecule has 0 fully saturated rings. The van der Waals surface area contributed by atoms with E-state index in [9.17, 15) is 4.79 Å². The average Bonchev–Trinajstić information content (AvgIpc) is 2.87. The molecular formula is C15H14N2O3. The highest BCUT2D eigenvalue weighted by Crippen LogP contribution is 2.16. The number of aryl methyl sites for hydroxylation is 1. The molecule has 1 heterocycles. The van der Waals surface area contributed by atoms with E-state index >= 15 is 0 Å². The van der Waals surface area contributed by atoms with E-state index in [1.807, 2.05) is 6.07 Å².